The highest BCUT2D eigenvalue weighted by atomic mass is 32.1. The number of esters is 1. The minimum absolute atomic E-state index is 0.134. The molecule has 0 aliphatic heterocycles. The summed E-state index contributed by atoms with van der Waals surface area (Å²) < 4.78 is 4.71. The molecule has 0 radical (unpaired) electrons. The first-order valence-corrected chi connectivity index (χ1v) is 7.35. The Morgan fingerprint density at radius 3 is 2.90 bits per heavy atom. The van der Waals surface area contributed by atoms with E-state index < -0.39 is 5.97 Å². The maximum atomic E-state index is 12.0. The fourth-order valence-electron chi connectivity index (χ4n) is 1.85. The predicted molar refractivity (Wildman–Crippen MR) is 81.6 cm³/mol. The largest absolute Gasteiger partial charge is 0.465 e. The second-order valence-electron chi connectivity index (χ2n) is 4.52. The van der Waals surface area contributed by atoms with E-state index in [4.69, 9.17) is 4.74 Å². The SMILES string of the molecule is COC(=O)c1scc(C)c1NC(=O)CCc1cccnc1. The standard InChI is InChI=1S/C15H16N2O3S/c1-10-9-21-14(15(19)20-2)13(10)17-12(18)6-5-11-4-3-7-16-8-11/h3-4,7-9H,5-6H2,1-2H3,(H,17,18). The summed E-state index contributed by atoms with van der Waals surface area (Å²) in [5.41, 5.74) is 2.40. The minimum atomic E-state index is -0.435. The molecule has 0 bridgehead atoms. The van der Waals surface area contributed by atoms with Gasteiger partial charge < -0.3 is 10.1 Å². The third-order valence-corrected chi connectivity index (χ3v) is 4.05. The smallest absolute Gasteiger partial charge is 0.350 e. The lowest BCUT2D eigenvalue weighted by molar-refractivity contribution is -0.116. The number of hydrogen-bond acceptors (Lipinski definition) is 5. The molecule has 1 amide bonds. The van der Waals surface area contributed by atoms with Gasteiger partial charge in [0.25, 0.3) is 0 Å². The summed E-state index contributed by atoms with van der Waals surface area (Å²) in [7, 11) is 1.32. The zero-order chi connectivity index (χ0) is 15.2. The fraction of sp³-hybridized carbons (Fsp3) is 0.267. The maximum Gasteiger partial charge on any atom is 0.350 e. The maximum absolute atomic E-state index is 12.0. The summed E-state index contributed by atoms with van der Waals surface area (Å²) in [6.07, 6.45) is 4.38. The summed E-state index contributed by atoms with van der Waals surface area (Å²) in [4.78, 5) is 28.1. The van der Waals surface area contributed by atoms with E-state index in [0.717, 1.165) is 11.1 Å². The van der Waals surface area contributed by atoms with E-state index in [1.54, 1.807) is 12.4 Å². The Balaban J connectivity index is 2.00. The molecule has 2 rings (SSSR count). The Labute approximate surface area is 127 Å². The Morgan fingerprint density at radius 2 is 2.24 bits per heavy atom. The molecular formula is C15H16N2O3S. The molecule has 0 fully saturated rings. The number of methoxy groups -OCH3 is 1. The van der Waals surface area contributed by atoms with Crippen LogP contribution >= 0.6 is 11.3 Å². The zero-order valence-corrected chi connectivity index (χ0v) is 12.7. The van der Waals surface area contributed by atoms with Crippen molar-refractivity contribution >= 4 is 28.9 Å². The van der Waals surface area contributed by atoms with Crippen LogP contribution in [0.2, 0.25) is 0 Å². The average Bonchev–Trinajstić information content (AvgIpc) is 2.86. The van der Waals surface area contributed by atoms with E-state index in [2.05, 4.69) is 10.3 Å². The van der Waals surface area contributed by atoms with Crippen molar-refractivity contribution in [2.24, 2.45) is 0 Å². The number of hydrogen-bond donors (Lipinski definition) is 1. The first-order chi connectivity index (χ1) is 10.1. The number of aryl methyl sites for hydroxylation is 2. The van der Waals surface area contributed by atoms with Gasteiger partial charge in [-0.15, -0.1) is 11.3 Å². The molecule has 0 aromatic carbocycles. The normalized spacial score (nSPS) is 10.2. The molecule has 2 heterocycles. The van der Waals surface area contributed by atoms with E-state index in [1.807, 2.05) is 24.4 Å². The molecular weight excluding hydrogens is 288 g/mol. The number of carbonyl (C=O) groups is 2. The van der Waals surface area contributed by atoms with Gasteiger partial charge in [-0.3, -0.25) is 9.78 Å². The highest BCUT2D eigenvalue weighted by Gasteiger charge is 2.18. The van der Waals surface area contributed by atoms with Crippen molar-refractivity contribution in [3.05, 3.63) is 45.9 Å². The molecule has 0 saturated carbocycles. The van der Waals surface area contributed by atoms with Crippen LogP contribution in [0.5, 0.6) is 0 Å². The Kier molecular flexibility index (Phi) is 5.05. The van der Waals surface area contributed by atoms with Crippen molar-refractivity contribution in [1.82, 2.24) is 4.98 Å². The van der Waals surface area contributed by atoms with Gasteiger partial charge >= 0.3 is 5.97 Å². The van der Waals surface area contributed by atoms with Gasteiger partial charge in [0.2, 0.25) is 5.91 Å². The fourth-order valence-corrected chi connectivity index (χ4v) is 2.77. The molecule has 21 heavy (non-hydrogen) atoms. The van der Waals surface area contributed by atoms with Gasteiger partial charge in [-0.25, -0.2) is 4.79 Å². The van der Waals surface area contributed by atoms with Crippen LogP contribution in [-0.4, -0.2) is 24.0 Å². The highest BCUT2D eigenvalue weighted by Crippen LogP contribution is 2.28. The number of nitrogens with zero attached hydrogens (tertiary/aromatic N) is 1. The molecule has 2 aromatic heterocycles. The second-order valence-corrected chi connectivity index (χ2v) is 5.40. The summed E-state index contributed by atoms with van der Waals surface area (Å²) >= 11 is 1.27. The van der Waals surface area contributed by atoms with Crippen LogP contribution in [0.15, 0.2) is 29.9 Å². The van der Waals surface area contributed by atoms with Crippen LogP contribution in [-0.2, 0) is 16.0 Å². The topological polar surface area (TPSA) is 68.3 Å². The zero-order valence-electron chi connectivity index (χ0n) is 11.9. The molecule has 0 saturated heterocycles. The van der Waals surface area contributed by atoms with Gasteiger partial charge in [0.15, 0.2) is 0 Å². The number of pyridine rings is 1. The molecule has 110 valence electrons. The van der Waals surface area contributed by atoms with Crippen molar-refractivity contribution in [1.29, 1.82) is 0 Å². The van der Waals surface area contributed by atoms with E-state index in [1.165, 1.54) is 18.4 Å². The molecule has 2 aromatic rings. The van der Waals surface area contributed by atoms with E-state index in [0.29, 0.717) is 23.4 Å². The van der Waals surface area contributed by atoms with Crippen molar-refractivity contribution in [2.45, 2.75) is 19.8 Å². The van der Waals surface area contributed by atoms with Gasteiger partial charge in [0.05, 0.1) is 12.8 Å². The van der Waals surface area contributed by atoms with Crippen LogP contribution in [0.4, 0.5) is 5.69 Å². The lowest BCUT2D eigenvalue weighted by Gasteiger charge is -2.07. The Morgan fingerprint density at radius 1 is 1.43 bits per heavy atom. The summed E-state index contributed by atoms with van der Waals surface area (Å²) in [6, 6.07) is 3.77. The number of anilines is 1. The number of ether oxygens (including phenoxy) is 1. The van der Waals surface area contributed by atoms with Crippen molar-refractivity contribution < 1.29 is 14.3 Å². The van der Waals surface area contributed by atoms with Crippen LogP contribution in [0, 0.1) is 6.92 Å². The molecule has 0 unspecified atom stereocenters. The summed E-state index contributed by atoms with van der Waals surface area (Å²) in [6.45, 7) is 1.85. The Hall–Kier alpha value is -2.21. The van der Waals surface area contributed by atoms with Crippen LogP contribution in [0.25, 0.3) is 0 Å². The number of rotatable bonds is 5. The third-order valence-electron chi connectivity index (χ3n) is 2.97. The molecule has 0 aliphatic carbocycles. The minimum Gasteiger partial charge on any atom is -0.465 e. The van der Waals surface area contributed by atoms with E-state index in [9.17, 15) is 9.59 Å². The first-order valence-electron chi connectivity index (χ1n) is 6.47. The van der Waals surface area contributed by atoms with Gasteiger partial charge in [-0.1, -0.05) is 6.07 Å². The first kappa shape index (κ1) is 15.2. The number of carbonyl (C=O) groups excluding carboxylic acids is 2. The van der Waals surface area contributed by atoms with Crippen LogP contribution in [0.3, 0.4) is 0 Å². The summed E-state index contributed by atoms with van der Waals surface area (Å²) in [5, 5.41) is 4.62. The number of aromatic nitrogens is 1. The molecule has 1 N–H and O–H groups in total. The van der Waals surface area contributed by atoms with Crippen molar-refractivity contribution in [3.8, 4) is 0 Å². The van der Waals surface area contributed by atoms with E-state index in [-0.39, 0.29) is 5.91 Å². The van der Waals surface area contributed by atoms with Gasteiger partial charge in [-0.2, -0.15) is 0 Å². The monoisotopic (exact) mass is 304 g/mol. The molecule has 0 spiro atoms. The Bertz CT molecular complexity index is 638. The lowest BCUT2D eigenvalue weighted by atomic mass is 10.1. The average molecular weight is 304 g/mol. The predicted octanol–water partition coefficient (Wildman–Crippen LogP) is 2.81. The number of thiophene rings is 1. The number of amides is 1. The van der Waals surface area contributed by atoms with Gasteiger partial charge in [0.1, 0.15) is 4.88 Å². The van der Waals surface area contributed by atoms with Crippen LogP contribution in [0.1, 0.15) is 27.2 Å². The third kappa shape index (κ3) is 3.88. The van der Waals surface area contributed by atoms with Crippen LogP contribution < -0.4 is 5.32 Å². The molecule has 0 atom stereocenters. The second kappa shape index (κ2) is 6.99. The number of nitrogens with one attached hydrogen (secondary N) is 1. The lowest BCUT2D eigenvalue weighted by Crippen LogP contribution is -2.15. The molecule has 5 nitrogen and oxygen atoms in total. The van der Waals surface area contributed by atoms with Gasteiger partial charge in [-0.05, 0) is 35.9 Å². The molecule has 0 aliphatic rings. The summed E-state index contributed by atoms with van der Waals surface area (Å²) in [5.74, 6) is -0.568. The van der Waals surface area contributed by atoms with Crippen molar-refractivity contribution in [3.63, 3.8) is 0 Å². The highest BCUT2D eigenvalue weighted by molar-refractivity contribution is 7.12. The van der Waals surface area contributed by atoms with Gasteiger partial charge in [0, 0.05) is 18.8 Å². The molecule has 6 heteroatoms. The van der Waals surface area contributed by atoms with E-state index >= 15 is 0 Å². The van der Waals surface area contributed by atoms with Crippen molar-refractivity contribution in [2.75, 3.05) is 12.4 Å². The quantitative estimate of drug-likeness (QED) is 0.862.